The number of rotatable bonds is 3. The number of nitrogens with zero attached hydrogens (tertiary/aromatic N) is 3. The maximum atomic E-state index is 12.3. The first-order valence-electron chi connectivity index (χ1n) is 7.86. The highest BCUT2D eigenvalue weighted by molar-refractivity contribution is 7.90. The first-order valence-corrected chi connectivity index (χ1v) is 10.2. The second-order valence-corrected chi connectivity index (χ2v) is 8.41. The van der Waals surface area contributed by atoms with Crippen molar-refractivity contribution in [2.45, 2.75) is 17.7 Å². The summed E-state index contributed by atoms with van der Waals surface area (Å²) in [5, 5.41) is 12.1. The van der Waals surface area contributed by atoms with Crippen molar-refractivity contribution in [1.82, 2.24) is 4.98 Å². The number of fused-ring (bicyclic) bond motifs is 1. The van der Waals surface area contributed by atoms with Crippen molar-refractivity contribution in [3.63, 3.8) is 0 Å². The summed E-state index contributed by atoms with van der Waals surface area (Å²) < 4.78 is 28.4. The van der Waals surface area contributed by atoms with E-state index in [1.54, 1.807) is 18.2 Å². The number of aromatic nitrogens is 1. The number of sulfonamides is 1. The molecule has 1 aliphatic rings. The molecule has 0 amide bonds. The molecular formula is C19H13N3O2S2. The summed E-state index contributed by atoms with van der Waals surface area (Å²) in [5.41, 5.74) is 3.59. The average molecular weight is 379 g/mol. The van der Waals surface area contributed by atoms with Gasteiger partial charge in [0.15, 0.2) is 0 Å². The van der Waals surface area contributed by atoms with Gasteiger partial charge < -0.3 is 0 Å². The second kappa shape index (κ2) is 6.16. The molecule has 26 heavy (non-hydrogen) atoms. The fraction of sp³-hybridized carbons (Fsp3) is 0.105. The Labute approximate surface area is 155 Å². The number of nitriles is 1. The summed E-state index contributed by atoms with van der Waals surface area (Å²) in [6.07, 6.45) is 0. The summed E-state index contributed by atoms with van der Waals surface area (Å²) in [7, 11) is -3.75. The first kappa shape index (κ1) is 16.6. The molecule has 2 aromatic carbocycles. The molecule has 0 aliphatic carbocycles. The van der Waals surface area contributed by atoms with Gasteiger partial charge in [-0.3, -0.25) is 0 Å². The van der Waals surface area contributed by atoms with Gasteiger partial charge in [0.05, 0.1) is 22.4 Å². The molecule has 0 fully saturated rings. The number of thiazole rings is 1. The summed E-state index contributed by atoms with van der Waals surface area (Å²) in [6.45, 7) is 2.01. The predicted molar refractivity (Wildman–Crippen MR) is 101 cm³/mol. The van der Waals surface area contributed by atoms with Crippen LogP contribution < -0.4 is 0 Å². The molecule has 0 saturated heterocycles. The Kier molecular flexibility index (Phi) is 3.94. The van der Waals surface area contributed by atoms with Crippen LogP contribution in [0.1, 0.15) is 22.1 Å². The van der Waals surface area contributed by atoms with Crippen LogP contribution in [0.15, 0.2) is 63.2 Å². The smallest absolute Gasteiger partial charge is 0.239 e. The highest BCUT2D eigenvalue weighted by Crippen LogP contribution is 2.35. The molecule has 7 heteroatoms. The van der Waals surface area contributed by atoms with Crippen LogP contribution in [0.2, 0.25) is 0 Å². The molecule has 0 saturated carbocycles. The second-order valence-electron chi connectivity index (χ2n) is 5.95. The molecule has 3 aromatic rings. The lowest BCUT2D eigenvalue weighted by atomic mass is 9.98. The Bertz CT molecular complexity index is 1170. The summed E-state index contributed by atoms with van der Waals surface area (Å²) in [4.78, 5) is 4.71. The fourth-order valence-corrected chi connectivity index (χ4v) is 4.98. The Morgan fingerprint density at radius 2 is 1.85 bits per heavy atom. The van der Waals surface area contributed by atoms with Crippen LogP contribution in [-0.2, 0) is 10.0 Å². The molecule has 1 aliphatic heterocycles. The molecule has 4 rings (SSSR count). The van der Waals surface area contributed by atoms with Crippen LogP contribution in [0.5, 0.6) is 0 Å². The Morgan fingerprint density at radius 1 is 1.12 bits per heavy atom. The van der Waals surface area contributed by atoms with Crippen molar-refractivity contribution in [3.05, 3.63) is 70.0 Å². The van der Waals surface area contributed by atoms with Crippen molar-refractivity contribution < 1.29 is 8.42 Å². The number of aryl methyl sites for hydroxylation is 1. The Balaban J connectivity index is 1.76. The van der Waals surface area contributed by atoms with Gasteiger partial charge >= 0.3 is 0 Å². The van der Waals surface area contributed by atoms with E-state index < -0.39 is 15.9 Å². The first-order chi connectivity index (χ1) is 12.5. The van der Waals surface area contributed by atoms with E-state index in [1.807, 2.05) is 36.6 Å². The van der Waals surface area contributed by atoms with Gasteiger partial charge in [0.2, 0.25) is 0 Å². The van der Waals surface area contributed by atoms with E-state index in [0.717, 1.165) is 16.8 Å². The van der Waals surface area contributed by atoms with E-state index in [2.05, 4.69) is 15.5 Å². The van der Waals surface area contributed by atoms with E-state index in [0.29, 0.717) is 10.6 Å². The minimum absolute atomic E-state index is 0.144. The monoisotopic (exact) mass is 379 g/mol. The zero-order valence-corrected chi connectivity index (χ0v) is 15.4. The van der Waals surface area contributed by atoms with Crippen LogP contribution >= 0.6 is 11.3 Å². The third kappa shape index (κ3) is 2.73. The van der Waals surface area contributed by atoms with Crippen molar-refractivity contribution in [2.24, 2.45) is 4.40 Å². The molecular weight excluding hydrogens is 366 g/mol. The van der Waals surface area contributed by atoms with Crippen LogP contribution in [0.4, 0.5) is 0 Å². The van der Waals surface area contributed by atoms with Crippen molar-refractivity contribution >= 4 is 27.1 Å². The fourth-order valence-electron chi connectivity index (χ4n) is 2.85. The molecule has 128 valence electrons. The van der Waals surface area contributed by atoms with E-state index >= 15 is 0 Å². The number of benzene rings is 2. The van der Waals surface area contributed by atoms with E-state index in [9.17, 15) is 13.7 Å². The zero-order chi connectivity index (χ0) is 18.3. The van der Waals surface area contributed by atoms with Gasteiger partial charge in [0.25, 0.3) is 10.0 Å². The van der Waals surface area contributed by atoms with Gasteiger partial charge in [0.1, 0.15) is 10.9 Å². The molecule has 0 N–H and O–H groups in total. The molecule has 1 unspecified atom stereocenters. The quantitative estimate of drug-likeness (QED) is 0.690. The van der Waals surface area contributed by atoms with E-state index in [1.165, 1.54) is 17.4 Å². The van der Waals surface area contributed by atoms with E-state index in [4.69, 9.17) is 0 Å². The minimum Gasteiger partial charge on any atom is -0.239 e. The molecule has 1 atom stereocenters. The maximum Gasteiger partial charge on any atom is 0.283 e. The lowest BCUT2D eigenvalue weighted by Gasteiger charge is -2.06. The summed E-state index contributed by atoms with van der Waals surface area (Å²) in [6, 6.07) is 16.7. The third-order valence-electron chi connectivity index (χ3n) is 4.18. The van der Waals surface area contributed by atoms with Crippen molar-refractivity contribution in [3.8, 4) is 17.3 Å². The zero-order valence-electron chi connectivity index (χ0n) is 13.7. The van der Waals surface area contributed by atoms with Gasteiger partial charge in [-0.05, 0) is 13.0 Å². The van der Waals surface area contributed by atoms with Crippen molar-refractivity contribution in [1.29, 1.82) is 5.26 Å². The number of hydrogen-bond donors (Lipinski definition) is 0. The standard InChI is InChI=1S/C19H13N3O2S2/c1-12-6-8-13(9-7-12)16-11-25-19(21-16)15(10-20)18-14-4-2-3-5-17(14)26(23,24)22-18/h2-9,11,15H,1H3. The highest BCUT2D eigenvalue weighted by atomic mass is 32.2. The van der Waals surface area contributed by atoms with Crippen LogP contribution in [0.25, 0.3) is 11.3 Å². The summed E-state index contributed by atoms with van der Waals surface area (Å²) >= 11 is 1.33. The largest absolute Gasteiger partial charge is 0.283 e. The van der Waals surface area contributed by atoms with Gasteiger partial charge in [-0.15, -0.1) is 11.3 Å². The highest BCUT2D eigenvalue weighted by Gasteiger charge is 2.34. The predicted octanol–water partition coefficient (Wildman–Crippen LogP) is 3.92. The van der Waals surface area contributed by atoms with Crippen LogP contribution in [-0.4, -0.2) is 19.1 Å². The SMILES string of the molecule is Cc1ccc(-c2csc(C(C#N)C3=NS(=O)(=O)c4ccccc43)n2)cc1. The maximum absolute atomic E-state index is 12.3. The Morgan fingerprint density at radius 3 is 2.58 bits per heavy atom. The van der Waals surface area contributed by atoms with Gasteiger partial charge in [-0.25, -0.2) is 4.98 Å². The normalized spacial score (nSPS) is 15.8. The third-order valence-corrected chi connectivity index (χ3v) is 6.44. The van der Waals surface area contributed by atoms with Crippen LogP contribution in [0.3, 0.4) is 0 Å². The lowest BCUT2D eigenvalue weighted by molar-refractivity contribution is 0.599. The van der Waals surface area contributed by atoms with Crippen molar-refractivity contribution in [2.75, 3.05) is 0 Å². The lowest BCUT2D eigenvalue weighted by Crippen LogP contribution is -2.10. The Hall–Kier alpha value is -2.82. The molecule has 2 heterocycles. The average Bonchev–Trinajstić information content (AvgIpc) is 3.21. The molecule has 1 aromatic heterocycles. The molecule has 0 radical (unpaired) electrons. The van der Waals surface area contributed by atoms with E-state index in [-0.39, 0.29) is 10.6 Å². The molecule has 0 spiro atoms. The van der Waals surface area contributed by atoms with Crippen LogP contribution in [0, 0.1) is 18.3 Å². The topological polar surface area (TPSA) is 83.2 Å². The minimum atomic E-state index is -3.75. The number of hydrogen-bond acceptors (Lipinski definition) is 5. The van der Waals surface area contributed by atoms with Gasteiger partial charge in [0, 0.05) is 16.5 Å². The van der Waals surface area contributed by atoms with Gasteiger partial charge in [-0.2, -0.15) is 18.1 Å². The molecule has 5 nitrogen and oxygen atoms in total. The van der Waals surface area contributed by atoms with Gasteiger partial charge in [-0.1, -0.05) is 48.0 Å². The summed E-state index contributed by atoms with van der Waals surface area (Å²) in [5.74, 6) is -0.822. The molecule has 0 bridgehead atoms.